The first-order chi connectivity index (χ1) is 16.0. The van der Waals surface area contributed by atoms with Gasteiger partial charge in [0, 0.05) is 11.8 Å². The summed E-state index contributed by atoms with van der Waals surface area (Å²) < 4.78 is 11.2. The Hall–Kier alpha value is -3.87. The predicted octanol–water partition coefficient (Wildman–Crippen LogP) is 3.70. The molecule has 33 heavy (non-hydrogen) atoms. The van der Waals surface area contributed by atoms with Crippen LogP contribution in [-0.2, 0) is 9.53 Å². The summed E-state index contributed by atoms with van der Waals surface area (Å²) in [5.41, 5.74) is 3.21. The van der Waals surface area contributed by atoms with Gasteiger partial charge in [0.1, 0.15) is 18.5 Å². The summed E-state index contributed by atoms with van der Waals surface area (Å²) >= 11 is 0. The number of anilines is 1. The molecule has 4 N–H and O–H groups in total. The topological polar surface area (TPSA) is 141 Å². The number of amides is 2. The molecule has 2 rings (SSSR count). The minimum absolute atomic E-state index is 0.124. The number of hydroxylamine groups is 1. The largest absolute Gasteiger partial charge is 0.491 e. The van der Waals surface area contributed by atoms with Gasteiger partial charge in [0.25, 0.3) is 5.91 Å². The summed E-state index contributed by atoms with van der Waals surface area (Å²) in [6.45, 7) is 1.93. The molecule has 0 saturated carbocycles. The van der Waals surface area contributed by atoms with Gasteiger partial charge in [-0.15, -0.1) is 0 Å². The van der Waals surface area contributed by atoms with E-state index in [4.69, 9.17) is 25.0 Å². The van der Waals surface area contributed by atoms with E-state index in [0.717, 1.165) is 0 Å². The summed E-state index contributed by atoms with van der Waals surface area (Å²) in [7, 11) is 0. The van der Waals surface area contributed by atoms with Gasteiger partial charge in [-0.2, -0.15) is 5.26 Å². The number of ether oxygens (including phenoxy) is 2. The fraction of sp³-hybridized carbons (Fsp3) is 0.292. The van der Waals surface area contributed by atoms with Crippen molar-refractivity contribution < 1.29 is 29.4 Å². The lowest BCUT2D eigenvalue weighted by Gasteiger charge is -2.25. The molecule has 0 bridgehead atoms. The molecule has 9 nitrogen and oxygen atoms in total. The summed E-state index contributed by atoms with van der Waals surface area (Å²) in [6, 6.07) is 15.5. The minimum atomic E-state index is -0.659. The number of hydrogen-bond acceptors (Lipinski definition) is 7. The number of aliphatic hydroxyl groups is 1. The van der Waals surface area contributed by atoms with Crippen molar-refractivity contribution in [1.29, 1.82) is 5.26 Å². The van der Waals surface area contributed by atoms with Crippen LogP contribution in [0, 0.1) is 17.2 Å². The molecule has 0 unspecified atom stereocenters. The molecule has 0 radical (unpaired) electrons. The molecule has 0 aliphatic rings. The van der Waals surface area contributed by atoms with Crippen molar-refractivity contribution in [2.45, 2.75) is 25.9 Å². The molecule has 0 aromatic heterocycles. The summed E-state index contributed by atoms with van der Waals surface area (Å²) in [4.78, 5) is 23.7. The number of rotatable bonds is 11. The Morgan fingerprint density at radius 3 is 2.64 bits per heavy atom. The zero-order valence-electron chi connectivity index (χ0n) is 18.2. The Bertz CT molecular complexity index is 984. The van der Waals surface area contributed by atoms with E-state index in [0.29, 0.717) is 35.4 Å². The van der Waals surface area contributed by atoms with Crippen molar-refractivity contribution >= 4 is 17.7 Å². The standard InChI is InChI=1S/C24H27N3O6/c1-17(5-2-3-8-22(29)27-31)23(19-6-4-7-21(15-19)32-14-13-28)33-24(30)26-20-11-9-18(16-25)10-12-20/h3-4,6-12,15,17,23,28,31H,2,5,13-14H2,1H3,(H,26,30)(H,27,29)/b8-3+/t17-,23+/m0/s1. The zero-order chi connectivity index (χ0) is 24.1. The number of benzene rings is 2. The van der Waals surface area contributed by atoms with Crippen molar-refractivity contribution in [2.75, 3.05) is 18.5 Å². The number of aliphatic hydroxyl groups excluding tert-OH is 1. The second kappa shape index (κ2) is 13.5. The van der Waals surface area contributed by atoms with Crippen LogP contribution in [0.15, 0.2) is 60.7 Å². The molecule has 174 valence electrons. The molecule has 2 aromatic carbocycles. The fourth-order valence-corrected chi connectivity index (χ4v) is 3.09. The number of nitrogens with zero attached hydrogens (tertiary/aromatic N) is 1. The maximum Gasteiger partial charge on any atom is 0.412 e. The number of carbonyl (C=O) groups is 2. The smallest absolute Gasteiger partial charge is 0.412 e. The molecule has 0 aliphatic heterocycles. The van der Waals surface area contributed by atoms with Crippen LogP contribution in [0.4, 0.5) is 10.5 Å². The highest BCUT2D eigenvalue weighted by Crippen LogP contribution is 2.32. The van der Waals surface area contributed by atoms with Crippen LogP contribution in [0.25, 0.3) is 0 Å². The molecule has 0 spiro atoms. The van der Waals surface area contributed by atoms with Gasteiger partial charge < -0.3 is 14.6 Å². The van der Waals surface area contributed by atoms with E-state index in [1.165, 1.54) is 11.6 Å². The molecular weight excluding hydrogens is 426 g/mol. The number of hydrogen-bond donors (Lipinski definition) is 4. The van der Waals surface area contributed by atoms with E-state index in [1.54, 1.807) is 48.5 Å². The first-order valence-electron chi connectivity index (χ1n) is 10.4. The van der Waals surface area contributed by atoms with E-state index in [9.17, 15) is 9.59 Å². The Morgan fingerprint density at radius 2 is 1.97 bits per heavy atom. The van der Waals surface area contributed by atoms with Crippen LogP contribution in [0.1, 0.15) is 37.0 Å². The van der Waals surface area contributed by atoms with Gasteiger partial charge in [-0.25, -0.2) is 10.3 Å². The van der Waals surface area contributed by atoms with Crippen LogP contribution in [0.2, 0.25) is 0 Å². The first kappa shape index (κ1) is 25.4. The predicted molar refractivity (Wildman–Crippen MR) is 120 cm³/mol. The zero-order valence-corrected chi connectivity index (χ0v) is 18.2. The van der Waals surface area contributed by atoms with Crippen LogP contribution >= 0.6 is 0 Å². The molecule has 2 amide bonds. The van der Waals surface area contributed by atoms with Gasteiger partial charge in [0.15, 0.2) is 0 Å². The highest BCUT2D eigenvalue weighted by molar-refractivity contribution is 5.86. The Balaban J connectivity index is 2.14. The number of allylic oxidation sites excluding steroid dienone is 1. The molecule has 2 aromatic rings. The van der Waals surface area contributed by atoms with Gasteiger partial charge in [0.2, 0.25) is 0 Å². The molecule has 9 heteroatoms. The first-order valence-corrected chi connectivity index (χ1v) is 10.4. The van der Waals surface area contributed by atoms with Crippen LogP contribution < -0.4 is 15.5 Å². The molecule has 0 heterocycles. The lowest BCUT2D eigenvalue weighted by atomic mass is 9.93. The number of carbonyl (C=O) groups excluding carboxylic acids is 2. The lowest BCUT2D eigenvalue weighted by molar-refractivity contribution is -0.124. The normalized spacial score (nSPS) is 12.4. The number of nitriles is 1. The van der Waals surface area contributed by atoms with E-state index in [1.807, 2.05) is 19.1 Å². The van der Waals surface area contributed by atoms with Crippen molar-refractivity contribution in [2.24, 2.45) is 5.92 Å². The maximum atomic E-state index is 12.6. The highest BCUT2D eigenvalue weighted by atomic mass is 16.6. The van der Waals surface area contributed by atoms with E-state index in [-0.39, 0.29) is 19.1 Å². The molecule has 2 atom stereocenters. The SMILES string of the molecule is C[C@@H](CC/C=C/C(=O)NO)[C@@H](OC(=O)Nc1ccc(C#N)cc1)c1cccc(OCCO)c1. The third-order valence-corrected chi connectivity index (χ3v) is 4.73. The molecule has 0 fully saturated rings. The lowest BCUT2D eigenvalue weighted by Crippen LogP contribution is -2.22. The second-order valence-corrected chi connectivity index (χ2v) is 7.22. The van der Waals surface area contributed by atoms with Gasteiger partial charge in [-0.05, 0) is 60.7 Å². The Labute approximate surface area is 192 Å². The maximum absolute atomic E-state index is 12.6. The molecule has 0 aliphatic carbocycles. The van der Waals surface area contributed by atoms with Crippen molar-refractivity contribution in [3.8, 4) is 11.8 Å². The van der Waals surface area contributed by atoms with Gasteiger partial charge in [-0.3, -0.25) is 15.3 Å². The van der Waals surface area contributed by atoms with Crippen molar-refractivity contribution in [1.82, 2.24) is 5.48 Å². The average Bonchev–Trinajstić information content (AvgIpc) is 2.84. The Kier molecular flexibility index (Phi) is 10.4. The van der Waals surface area contributed by atoms with Crippen LogP contribution in [0.3, 0.4) is 0 Å². The minimum Gasteiger partial charge on any atom is -0.491 e. The van der Waals surface area contributed by atoms with E-state index in [2.05, 4.69) is 5.32 Å². The number of nitrogens with one attached hydrogen (secondary N) is 2. The fourth-order valence-electron chi connectivity index (χ4n) is 3.09. The van der Waals surface area contributed by atoms with Gasteiger partial charge >= 0.3 is 6.09 Å². The van der Waals surface area contributed by atoms with Gasteiger partial charge in [0.05, 0.1) is 18.2 Å². The average molecular weight is 453 g/mol. The van der Waals surface area contributed by atoms with Crippen molar-refractivity contribution in [3.63, 3.8) is 0 Å². The highest BCUT2D eigenvalue weighted by Gasteiger charge is 2.24. The van der Waals surface area contributed by atoms with Crippen LogP contribution in [-0.4, -0.2) is 35.5 Å². The van der Waals surface area contributed by atoms with Gasteiger partial charge in [-0.1, -0.05) is 25.1 Å². The third kappa shape index (κ3) is 8.65. The quantitative estimate of drug-likeness (QED) is 0.231. The monoisotopic (exact) mass is 453 g/mol. The summed E-state index contributed by atoms with van der Waals surface area (Å²) in [6.07, 6.45) is 2.67. The van der Waals surface area contributed by atoms with Crippen molar-refractivity contribution in [3.05, 3.63) is 71.8 Å². The third-order valence-electron chi connectivity index (χ3n) is 4.73. The Morgan fingerprint density at radius 1 is 1.21 bits per heavy atom. The second-order valence-electron chi connectivity index (χ2n) is 7.22. The van der Waals surface area contributed by atoms with Crippen LogP contribution in [0.5, 0.6) is 5.75 Å². The summed E-state index contributed by atoms with van der Waals surface area (Å²) in [5.74, 6) is -0.216. The molecule has 0 saturated heterocycles. The molecular formula is C24H27N3O6. The van der Waals surface area contributed by atoms with E-state index < -0.39 is 18.1 Å². The van der Waals surface area contributed by atoms with E-state index >= 15 is 0 Å². The summed E-state index contributed by atoms with van der Waals surface area (Å²) in [5, 5.41) is 29.1.